The van der Waals surface area contributed by atoms with Gasteiger partial charge in [-0.25, -0.2) is 0 Å². The standard InChI is InChI=1S/C18H23F3N2O.ClH/c1-12(13-2-4-14(5-3-13)18(19,20)21)10-17(24)23-9-8-15-6-7-16(11-23)22-15;/h2-5,12,15-16,22H,6-11H2,1H3;1H. The van der Waals surface area contributed by atoms with E-state index >= 15 is 0 Å². The number of carbonyl (C=O) groups excluding carboxylic acids is 1. The van der Waals surface area contributed by atoms with Gasteiger partial charge in [0.15, 0.2) is 0 Å². The predicted octanol–water partition coefficient (Wildman–Crippen LogP) is 3.97. The fraction of sp³-hybridized carbons (Fsp3) is 0.611. The molecule has 1 aromatic carbocycles. The van der Waals surface area contributed by atoms with Crippen LogP contribution in [0.1, 0.15) is 49.7 Å². The second-order valence-electron chi connectivity index (χ2n) is 6.99. The molecule has 0 spiro atoms. The molecule has 3 unspecified atom stereocenters. The minimum Gasteiger partial charge on any atom is -0.341 e. The largest absolute Gasteiger partial charge is 0.416 e. The number of halogens is 4. The van der Waals surface area contributed by atoms with Gasteiger partial charge in [-0.1, -0.05) is 19.1 Å². The fourth-order valence-corrected chi connectivity index (χ4v) is 3.68. The van der Waals surface area contributed by atoms with Crippen molar-refractivity contribution in [2.24, 2.45) is 0 Å². The number of amides is 1. The molecule has 0 radical (unpaired) electrons. The molecule has 3 rings (SSSR count). The van der Waals surface area contributed by atoms with E-state index in [1.165, 1.54) is 18.6 Å². The number of hydrogen-bond acceptors (Lipinski definition) is 2. The van der Waals surface area contributed by atoms with Gasteiger partial charge in [-0.15, -0.1) is 12.4 Å². The lowest BCUT2D eigenvalue weighted by Crippen LogP contribution is -2.39. The van der Waals surface area contributed by atoms with Gasteiger partial charge in [-0.3, -0.25) is 4.79 Å². The highest BCUT2D eigenvalue weighted by molar-refractivity contribution is 5.85. The zero-order chi connectivity index (χ0) is 17.3. The highest BCUT2D eigenvalue weighted by atomic mass is 35.5. The number of rotatable bonds is 3. The quantitative estimate of drug-likeness (QED) is 0.865. The topological polar surface area (TPSA) is 32.3 Å². The van der Waals surface area contributed by atoms with E-state index in [1.807, 2.05) is 11.8 Å². The first-order valence-electron chi connectivity index (χ1n) is 8.54. The summed E-state index contributed by atoms with van der Waals surface area (Å²) >= 11 is 0. The normalized spacial score (nSPS) is 24.4. The second kappa shape index (κ2) is 7.96. The Morgan fingerprint density at radius 2 is 1.84 bits per heavy atom. The summed E-state index contributed by atoms with van der Waals surface area (Å²) in [7, 11) is 0. The Balaban J connectivity index is 0.00000225. The molecule has 2 aliphatic rings. The van der Waals surface area contributed by atoms with E-state index in [1.54, 1.807) is 0 Å². The maximum atomic E-state index is 12.6. The van der Waals surface area contributed by atoms with Gasteiger partial charge in [0.2, 0.25) is 5.91 Å². The van der Waals surface area contributed by atoms with Crippen molar-refractivity contribution in [3.63, 3.8) is 0 Å². The average Bonchev–Trinajstić information content (AvgIpc) is 2.85. The van der Waals surface area contributed by atoms with Gasteiger partial charge < -0.3 is 10.2 Å². The number of nitrogens with zero attached hydrogens (tertiary/aromatic N) is 1. The van der Waals surface area contributed by atoms with Crippen molar-refractivity contribution < 1.29 is 18.0 Å². The Bertz CT molecular complexity index is 591. The third-order valence-corrected chi connectivity index (χ3v) is 5.16. The summed E-state index contributed by atoms with van der Waals surface area (Å²) in [6.45, 7) is 3.41. The summed E-state index contributed by atoms with van der Waals surface area (Å²) in [6, 6.07) is 6.05. The van der Waals surface area contributed by atoms with Crippen LogP contribution in [-0.4, -0.2) is 36.0 Å². The van der Waals surface area contributed by atoms with Crippen LogP contribution in [0.25, 0.3) is 0 Å². The van der Waals surface area contributed by atoms with Crippen molar-refractivity contribution in [2.75, 3.05) is 13.1 Å². The molecule has 7 heteroatoms. The van der Waals surface area contributed by atoms with Crippen molar-refractivity contribution in [2.45, 2.75) is 56.8 Å². The molecule has 1 N–H and O–H groups in total. The van der Waals surface area contributed by atoms with Gasteiger partial charge >= 0.3 is 6.18 Å². The third kappa shape index (κ3) is 4.88. The van der Waals surface area contributed by atoms with Gasteiger partial charge in [-0.05, 0) is 42.9 Å². The van der Waals surface area contributed by atoms with Crippen LogP contribution < -0.4 is 5.32 Å². The zero-order valence-electron chi connectivity index (χ0n) is 14.2. The molecule has 1 amide bonds. The molecule has 2 fully saturated rings. The molecular formula is C18H24ClF3N2O. The van der Waals surface area contributed by atoms with Crippen molar-refractivity contribution >= 4 is 18.3 Å². The van der Waals surface area contributed by atoms with Crippen LogP contribution in [0.5, 0.6) is 0 Å². The summed E-state index contributed by atoms with van der Waals surface area (Å²) in [4.78, 5) is 14.5. The molecule has 25 heavy (non-hydrogen) atoms. The van der Waals surface area contributed by atoms with Crippen molar-refractivity contribution in [3.8, 4) is 0 Å². The minimum absolute atomic E-state index is 0. The zero-order valence-corrected chi connectivity index (χ0v) is 15.0. The number of hydrogen-bond donors (Lipinski definition) is 1. The van der Waals surface area contributed by atoms with Crippen LogP contribution in [0.15, 0.2) is 24.3 Å². The minimum atomic E-state index is -4.32. The van der Waals surface area contributed by atoms with Gasteiger partial charge in [0.05, 0.1) is 5.56 Å². The van der Waals surface area contributed by atoms with E-state index in [0.717, 1.165) is 43.6 Å². The molecule has 3 atom stereocenters. The molecule has 0 aliphatic carbocycles. The van der Waals surface area contributed by atoms with Crippen LogP contribution in [0.3, 0.4) is 0 Å². The van der Waals surface area contributed by atoms with E-state index < -0.39 is 11.7 Å². The smallest absolute Gasteiger partial charge is 0.341 e. The van der Waals surface area contributed by atoms with E-state index in [9.17, 15) is 18.0 Å². The lowest BCUT2D eigenvalue weighted by atomic mass is 9.95. The number of benzene rings is 1. The van der Waals surface area contributed by atoms with Crippen LogP contribution >= 0.6 is 12.4 Å². The maximum Gasteiger partial charge on any atom is 0.416 e. The number of nitrogens with one attached hydrogen (secondary N) is 1. The Kier molecular flexibility index (Phi) is 6.38. The van der Waals surface area contributed by atoms with Crippen molar-refractivity contribution in [3.05, 3.63) is 35.4 Å². The summed E-state index contributed by atoms with van der Waals surface area (Å²) in [6.07, 6.45) is -0.701. The molecule has 0 aromatic heterocycles. The van der Waals surface area contributed by atoms with Gasteiger partial charge in [0, 0.05) is 31.6 Å². The van der Waals surface area contributed by atoms with Crippen molar-refractivity contribution in [1.82, 2.24) is 10.2 Å². The van der Waals surface area contributed by atoms with E-state index in [2.05, 4.69) is 5.32 Å². The van der Waals surface area contributed by atoms with Gasteiger partial charge in [0.25, 0.3) is 0 Å². The molecule has 140 valence electrons. The molecular weight excluding hydrogens is 353 g/mol. The Labute approximate surface area is 152 Å². The third-order valence-electron chi connectivity index (χ3n) is 5.16. The molecule has 2 bridgehead atoms. The predicted molar refractivity (Wildman–Crippen MR) is 92.9 cm³/mol. The van der Waals surface area contributed by atoms with Crippen LogP contribution in [0.4, 0.5) is 13.2 Å². The van der Waals surface area contributed by atoms with Crippen LogP contribution in [0, 0.1) is 0 Å². The van der Waals surface area contributed by atoms with Gasteiger partial charge in [0.1, 0.15) is 0 Å². The first-order valence-corrected chi connectivity index (χ1v) is 8.54. The lowest BCUT2D eigenvalue weighted by molar-refractivity contribution is -0.137. The molecule has 0 saturated carbocycles. The molecule has 2 heterocycles. The molecule has 2 aliphatic heterocycles. The average molecular weight is 377 g/mol. The molecule has 2 saturated heterocycles. The number of likely N-dealkylation sites (tertiary alicyclic amines) is 1. The number of fused-ring (bicyclic) bond motifs is 2. The first-order chi connectivity index (χ1) is 11.3. The monoisotopic (exact) mass is 376 g/mol. The lowest BCUT2D eigenvalue weighted by Gasteiger charge is -2.26. The molecule has 1 aromatic rings. The van der Waals surface area contributed by atoms with Gasteiger partial charge in [-0.2, -0.15) is 13.2 Å². The Morgan fingerprint density at radius 1 is 1.20 bits per heavy atom. The van der Waals surface area contributed by atoms with E-state index in [-0.39, 0.29) is 24.2 Å². The number of carbonyl (C=O) groups is 1. The summed E-state index contributed by atoms with van der Waals surface area (Å²) in [5.41, 5.74) is 0.116. The van der Waals surface area contributed by atoms with Crippen LogP contribution in [0.2, 0.25) is 0 Å². The SMILES string of the molecule is CC(CC(=O)N1CCC2CCC(C1)N2)c1ccc(C(F)(F)F)cc1.Cl. The Hall–Kier alpha value is -1.27. The Morgan fingerprint density at radius 3 is 2.48 bits per heavy atom. The summed E-state index contributed by atoms with van der Waals surface area (Å²) in [5, 5.41) is 3.54. The summed E-state index contributed by atoms with van der Waals surface area (Å²) < 4.78 is 37.9. The first kappa shape index (κ1) is 20.0. The molecule has 3 nitrogen and oxygen atoms in total. The highest BCUT2D eigenvalue weighted by Gasteiger charge is 2.32. The van der Waals surface area contributed by atoms with Crippen molar-refractivity contribution in [1.29, 1.82) is 0 Å². The number of alkyl halides is 3. The highest BCUT2D eigenvalue weighted by Crippen LogP contribution is 2.31. The second-order valence-corrected chi connectivity index (χ2v) is 6.99. The van der Waals surface area contributed by atoms with E-state index in [4.69, 9.17) is 0 Å². The fourth-order valence-electron chi connectivity index (χ4n) is 3.68. The maximum absolute atomic E-state index is 12.6. The van der Waals surface area contributed by atoms with E-state index in [0.29, 0.717) is 18.5 Å². The van der Waals surface area contributed by atoms with Crippen LogP contribution in [-0.2, 0) is 11.0 Å². The summed E-state index contributed by atoms with van der Waals surface area (Å²) in [5.74, 6) is 0.00457.